The number of ether oxygens (including phenoxy) is 3. The molecule has 1 aliphatic carbocycles. The van der Waals surface area contributed by atoms with Crippen LogP contribution in [0.25, 0.3) is 10.9 Å². The number of aromatic nitrogens is 1. The van der Waals surface area contributed by atoms with Crippen LogP contribution >= 0.6 is 0 Å². The number of carbonyl (C=O) groups excluding carboxylic acids is 2. The molecule has 0 unspecified atom stereocenters. The maximum atomic E-state index is 13.6. The Bertz CT molecular complexity index is 995. The number of nitrogens with zero attached hydrogens (tertiary/aromatic N) is 2. The van der Waals surface area contributed by atoms with Gasteiger partial charge in [0.05, 0.1) is 32.9 Å². The molecule has 8 nitrogen and oxygen atoms in total. The largest absolute Gasteiger partial charge is 0.496 e. The SMILES string of the molecule is COCCN1C(=O)c2cc3c(OC)ccc(OC)c3n2C[C@]1(C)C(=O)NC1CCCC1. The van der Waals surface area contributed by atoms with E-state index in [4.69, 9.17) is 14.2 Å². The van der Waals surface area contributed by atoms with Crippen molar-refractivity contribution in [3.63, 3.8) is 0 Å². The third-order valence-corrected chi connectivity index (χ3v) is 6.65. The van der Waals surface area contributed by atoms with Crippen LogP contribution in [0.2, 0.25) is 0 Å². The normalized spacial score (nSPS) is 21.4. The molecule has 2 amide bonds. The predicted octanol–water partition coefficient (Wildman–Crippen LogP) is 2.58. The van der Waals surface area contributed by atoms with Crippen LogP contribution in [0.1, 0.15) is 43.1 Å². The van der Waals surface area contributed by atoms with Gasteiger partial charge in [-0.3, -0.25) is 9.59 Å². The summed E-state index contributed by atoms with van der Waals surface area (Å²) >= 11 is 0. The molecule has 8 heteroatoms. The molecule has 1 atom stereocenters. The summed E-state index contributed by atoms with van der Waals surface area (Å²) in [5, 5.41) is 3.98. The first-order valence-corrected chi connectivity index (χ1v) is 10.8. The van der Waals surface area contributed by atoms with Gasteiger partial charge in [0, 0.05) is 25.1 Å². The van der Waals surface area contributed by atoms with E-state index in [1.807, 2.05) is 29.7 Å². The van der Waals surface area contributed by atoms with E-state index < -0.39 is 5.54 Å². The van der Waals surface area contributed by atoms with Gasteiger partial charge in [-0.1, -0.05) is 12.8 Å². The molecular weight excluding hydrogens is 398 g/mol. The Morgan fingerprint density at radius 2 is 1.84 bits per heavy atom. The lowest BCUT2D eigenvalue weighted by molar-refractivity contribution is -0.133. The van der Waals surface area contributed by atoms with Crippen molar-refractivity contribution >= 4 is 22.7 Å². The first kappa shape index (κ1) is 21.5. The number of carbonyl (C=O) groups is 2. The first-order valence-electron chi connectivity index (χ1n) is 10.8. The second-order valence-electron chi connectivity index (χ2n) is 8.53. The molecule has 168 valence electrons. The lowest BCUT2D eigenvalue weighted by Crippen LogP contribution is -2.65. The number of nitrogens with one attached hydrogen (secondary N) is 1. The Kier molecular flexibility index (Phi) is 5.83. The topological polar surface area (TPSA) is 82.0 Å². The second-order valence-corrected chi connectivity index (χ2v) is 8.53. The number of benzene rings is 1. The first-order chi connectivity index (χ1) is 14.9. The van der Waals surface area contributed by atoms with Crippen LogP contribution in [0.5, 0.6) is 11.5 Å². The van der Waals surface area contributed by atoms with Crippen molar-refractivity contribution in [1.29, 1.82) is 0 Å². The highest BCUT2D eigenvalue weighted by atomic mass is 16.5. The maximum Gasteiger partial charge on any atom is 0.271 e. The summed E-state index contributed by atoms with van der Waals surface area (Å²) in [7, 11) is 4.80. The smallest absolute Gasteiger partial charge is 0.271 e. The van der Waals surface area contributed by atoms with E-state index >= 15 is 0 Å². The molecule has 0 spiro atoms. The van der Waals surface area contributed by atoms with E-state index in [0.717, 1.165) is 36.6 Å². The minimum Gasteiger partial charge on any atom is -0.496 e. The molecule has 1 N–H and O–H groups in total. The van der Waals surface area contributed by atoms with E-state index in [0.29, 0.717) is 36.9 Å². The molecule has 4 rings (SSSR count). The fourth-order valence-corrected chi connectivity index (χ4v) is 4.90. The van der Waals surface area contributed by atoms with Crippen LogP contribution in [0.3, 0.4) is 0 Å². The van der Waals surface area contributed by atoms with E-state index in [1.165, 1.54) is 0 Å². The summed E-state index contributed by atoms with van der Waals surface area (Å²) in [4.78, 5) is 28.8. The summed E-state index contributed by atoms with van der Waals surface area (Å²) in [6, 6.07) is 5.65. The predicted molar refractivity (Wildman–Crippen MR) is 117 cm³/mol. The van der Waals surface area contributed by atoms with Crippen LogP contribution in [0, 0.1) is 0 Å². The summed E-state index contributed by atoms with van der Waals surface area (Å²) in [5.41, 5.74) is 0.224. The summed E-state index contributed by atoms with van der Waals surface area (Å²) in [6.45, 7) is 2.85. The fourth-order valence-electron chi connectivity index (χ4n) is 4.90. The molecule has 1 aliphatic heterocycles. The summed E-state index contributed by atoms with van der Waals surface area (Å²) in [5.74, 6) is 0.968. The Morgan fingerprint density at radius 1 is 1.16 bits per heavy atom. The zero-order valence-electron chi connectivity index (χ0n) is 18.7. The number of hydrogen-bond acceptors (Lipinski definition) is 5. The molecular formula is C23H31N3O5. The van der Waals surface area contributed by atoms with Gasteiger partial charge in [0.2, 0.25) is 5.91 Å². The highest BCUT2D eigenvalue weighted by Crippen LogP contribution is 2.40. The van der Waals surface area contributed by atoms with Gasteiger partial charge >= 0.3 is 0 Å². The maximum absolute atomic E-state index is 13.6. The highest BCUT2D eigenvalue weighted by Gasteiger charge is 2.48. The van der Waals surface area contributed by atoms with Gasteiger partial charge in [-0.2, -0.15) is 0 Å². The third kappa shape index (κ3) is 3.52. The van der Waals surface area contributed by atoms with Crippen molar-refractivity contribution in [3.8, 4) is 11.5 Å². The number of hydrogen-bond donors (Lipinski definition) is 1. The van der Waals surface area contributed by atoms with Crippen LogP contribution in [0.15, 0.2) is 18.2 Å². The summed E-state index contributed by atoms with van der Waals surface area (Å²) in [6.07, 6.45) is 4.21. The highest BCUT2D eigenvalue weighted by molar-refractivity contribution is 6.05. The molecule has 0 bridgehead atoms. The van der Waals surface area contributed by atoms with Crippen molar-refractivity contribution in [2.75, 3.05) is 34.5 Å². The Balaban J connectivity index is 1.82. The molecule has 2 aromatic rings. The van der Waals surface area contributed by atoms with Crippen LogP contribution in [0.4, 0.5) is 0 Å². The summed E-state index contributed by atoms with van der Waals surface area (Å²) < 4.78 is 18.3. The van der Waals surface area contributed by atoms with Crippen LogP contribution in [-0.4, -0.2) is 67.3 Å². The monoisotopic (exact) mass is 429 g/mol. The fraction of sp³-hybridized carbons (Fsp3) is 0.565. The molecule has 1 aromatic carbocycles. The molecule has 0 radical (unpaired) electrons. The van der Waals surface area contributed by atoms with Crippen molar-refractivity contribution in [2.24, 2.45) is 0 Å². The van der Waals surface area contributed by atoms with Gasteiger partial charge in [-0.15, -0.1) is 0 Å². The van der Waals surface area contributed by atoms with Gasteiger partial charge in [0.15, 0.2) is 0 Å². The Labute approximate surface area is 182 Å². The zero-order valence-corrected chi connectivity index (χ0v) is 18.7. The Hall–Kier alpha value is -2.74. The molecule has 1 fully saturated rings. The minimum absolute atomic E-state index is 0.127. The minimum atomic E-state index is -1.05. The molecule has 1 aromatic heterocycles. The average Bonchev–Trinajstić information content (AvgIpc) is 3.41. The van der Waals surface area contributed by atoms with Gasteiger partial charge in [-0.05, 0) is 38.0 Å². The lowest BCUT2D eigenvalue weighted by atomic mass is 9.94. The standard InChI is InChI=1S/C23H31N3O5/c1-23(22(28)24-15-7-5-6-8-15)14-25-17(21(27)26(23)11-12-29-2)13-16-18(30-3)9-10-19(31-4)20(16)25/h9-10,13,15H,5-8,11-12,14H2,1-4H3,(H,24,28)/t23-/m1/s1. The number of amides is 2. The molecule has 31 heavy (non-hydrogen) atoms. The number of methoxy groups -OCH3 is 3. The van der Waals surface area contributed by atoms with Crippen molar-refractivity contribution in [3.05, 3.63) is 23.9 Å². The molecule has 0 saturated heterocycles. The van der Waals surface area contributed by atoms with Crippen molar-refractivity contribution in [1.82, 2.24) is 14.8 Å². The molecule has 2 heterocycles. The van der Waals surface area contributed by atoms with Gasteiger partial charge in [-0.25, -0.2) is 0 Å². The molecule has 1 saturated carbocycles. The Morgan fingerprint density at radius 3 is 2.48 bits per heavy atom. The van der Waals surface area contributed by atoms with E-state index in [-0.39, 0.29) is 17.9 Å². The van der Waals surface area contributed by atoms with Crippen LogP contribution < -0.4 is 14.8 Å². The van der Waals surface area contributed by atoms with E-state index in [2.05, 4.69) is 5.32 Å². The van der Waals surface area contributed by atoms with E-state index in [1.54, 1.807) is 26.2 Å². The van der Waals surface area contributed by atoms with Gasteiger partial charge in [0.1, 0.15) is 22.7 Å². The van der Waals surface area contributed by atoms with Crippen LogP contribution in [-0.2, 0) is 16.1 Å². The van der Waals surface area contributed by atoms with Crippen molar-refractivity contribution < 1.29 is 23.8 Å². The lowest BCUT2D eigenvalue weighted by Gasteiger charge is -2.44. The zero-order chi connectivity index (χ0) is 22.2. The van der Waals surface area contributed by atoms with Gasteiger partial charge in [0.25, 0.3) is 5.91 Å². The van der Waals surface area contributed by atoms with E-state index in [9.17, 15) is 9.59 Å². The number of rotatable bonds is 7. The van der Waals surface area contributed by atoms with Crippen molar-refractivity contribution in [2.45, 2.75) is 50.7 Å². The third-order valence-electron chi connectivity index (χ3n) is 6.65. The van der Waals surface area contributed by atoms with Gasteiger partial charge < -0.3 is 29.0 Å². The molecule has 2 aliphatic rings. The quantitative estimate of drug-likeness (QED) is 0.732. The number of fused-ring (bicyclic) bond motifs is 3. The average molecular weight is 430 g/mol. The second kappa shape index (κ2) is 8.42.